The number of hydrogen-bond acceptors (Lipinski definition) is 3. The van der Waals surface area contributed by atoms with E-state index in [0.717, 1.165) is 41.8 Å². The molecular weight excluding hydrogens is 280 g/mol. The van der Waals surface area contributed by atoms with E-state index >= 15 is 0 Å². The van der Waals surface area contributed by atoms with E-state index in [-0.39, 0.29) is 17.0 Å². The second kappa shape index (κ2) is 6.05. The van der Waals surface area contributed by atoms with E-state index in [0.29, 0.717) is 6.54 Å². The Hall–Kier alpha value is -2.56. The number of fused-ring (bicyclic) bond motifs is 1. The van der Waals surface area contributed by atoms with Crippen LogP contribution in [0.1, 0.15) is 33.6 Å². The second-order valence-electron chi connectivity index (χ2n) is 5.40. The number of hydrogen-bond donors (Lipinski definition) is 2. The molecule has 0 radical (unpaired) electrons. The Morgan fingerprint density at radius 2 is 2.05 bits per heavy atom. The monoisotopic (exact) mass is 298 g/mol. The highest BCUT2D eigenvalue weighted by atomic mass is 16.5. The predicted octanol–water partition coefficient (Wildman–Crippen LogP) is 1.80. The van der Waals surface area contributed by atoms with Gasteiger partial charge in [-0.25, -0.2) is 0 Å². The van der Waals surface area contributed by atoms with Gasteiger partial charge in [-0.05, 0) is 48.6 Å². The van der Waals surface area contributed by atoms with Crippen molar-refractivity contribution < 1.29 is 9.53 Å². The summed E-state index contributed by atoms with van der Waals surface area (Å²) in [6.45, 7) is 0.374. The molecule has 114 valence electrons. The molecule has 1 aliphatic carbocycles. The number of benzene rings is 1. The molecule has 22 heavy (non-hydrogen) atoms. The zero-order valence-electron chi connectivity index (χ0n) is 12.4. The van der Waals surface area contributed by atoms with Crippen molar-refractivity contribution in [1.29, 1.82) is 0 Å². The quantitative estimate of drug-likeness (QED) is 0.904. The van der Waals surface area contributed by atoms with Gasteiger partial charge in [-0.15, -0.1) is 0 Å². The molecule has 2 aromatic rings. The van der Waals surface area contributed by atoms with E-state index in [1.165, 1.54) is 0 Å². The number of aromatic nitrogens is 1. The molecule has 1 aromatic carbocycles. The van der Waals surface area contributed by atoms with Gasteiger partial charge in [0.05, 0.1) is 7.11 Å². The Labute approximate surface area is 128 Å². The summed E-state index contributed by atoms with van der Waals surface area (Å²) in [4.78, 5) is 27.0. The van der Waals surface area contributed by atoms with E-state index < -0.39 is 0 Å². The molecule has 0 unspecified atom stereocenters. The lowest BCUT2D eigenvalue weighted by Gasteiger charge is -2.07. The van der Waals surface area contributed by atoms with E-state index in [4.69, 9.17) is 4.74 Å². The first-order chi connectivity index (χ1) is 10.7. The molecule has 0 saturated heterocycles. The highest BCUT2D eigenvalue weighted by Crippen LogP contribution is 2.18. The van der Waals surface area contributed by atoms with Crippen molar-refractivity contribution in [3.63, 3.8) is 0 Å². The molecule has 1 amide bonds. The summed E-state index contributed by atoms with van der Waals surface area (Å²) in [5.41, 5.74) is 2.87. The average molecular weight is 298 g/mol. The van der Waals surface area contributed by atoms with Gasteiger partial charge in [0.1, 0.15) is 11.3 Å². The lowest BCUT2D eigenvalue weighted by molar-refractivity contribution is 0.0949. The van der Waals surface area contributed by atoms with Gasteiger partial charge in [-0.2, -0.15) is 0 Å². The summed E-state index contributed by atoms with van der Waals surface area (Å²) in [7, 11) is 1.61. The maximum atomic E-state index is 12.2. The van der Waals surface area contributed by atoms with Gasteiger partial charge in [0.25, 0.3) is 11.5 Å². The molecule has 0 saturated carbocycles. The van der Waals surface area contributed by atoms with Crippen LogP contribution in [0.15, 0.2) is 35.1 Å². The zero-order chi connectivity index (χ0) is 15.5. The Kier molecular flexibility index (Phi) is 3.96. The third kappa shape index (κ3) is 2.88. The Morgan fingerprint density at radius 1 is 1.27 bits per heavy atom. The summed E-state index contributed by atoms with van der Waals surface area (Å²) < 4.78 is 5.09. The number of carbonyl (C=O) groups excluding carboxylic acids is 1. The van der Waals surface area contributed by atoms with Crippen molar-refractivity contribution in [2.75, 3.05) is 7.11 Å². The SMILES string of the molecule is COc1ccc(CNC(=O)c2cc3c([nH]c2=O)CCC3)cc1. The van der Waals surface area contributed by atoms with Crippen molar-refractivity contribution in [2.45, 2.75) is 25.8 Å². The maximum absolute atomic E-state index is 12.2. The molecule has 2 N–H and O–H groups in total. The van der Waals surface area contributed by atoms with E-state index in [2.05, 4.69) is 10.3 Å². The first kappa shape index (κ1) is 14.4. The maximum Gasteiger partial charge on any atom is 0.261 e. The smallest absolute Gasteiger partial charge is 0.261 e. The van der Waals surface area contributed by atoms with Crippen LogP contribution in [0, 0.1) is 0 Å². The van der Waals surface area contributed by atoms with Crippen molar-refractivity contribution in [3.8, 4) is 5.75 Å². The highest BCUT2D eigenvalue weighted by Gasteiger charge is 2.17. The number of aryl methyl sites for hydroxylation is 2. The van der Waals surface area contributed by atoms with Crippen LogP contribution >= 0.6 is 0 Å². The van der Waals surface area contributed by atoms with Gasteiger partial charge in [-0.3, -0.25) is 9.59 Å². The fourth-order valence-corrected chi connectivity index (χ4v) is 2.70. The van der Waals surface area contributed by atoms with Gasteiger partial charge in [0.15, 0.2) is 0 Å². The largest absolute Gasteiger partial charge is 0.497 e. The summed E-state index contributed by atoms with van der Waals surface area (Å²) >= 11 is 0. The van der Waals surface area contributed by atoms with E-state index in [1.54, 1.807) is 13.2 Å². The van der Waals surface area contributed by atoms with Crippen LogP contribution in [0.4, 0.5) is 0 Å². The number of H-pyrrole nitrogens is 1. The topological polar surface area (TPSA) is 71.2 Å². The molecule has 5 heteroatoms. The Balaban J connectivity index is 1.70. The first-order valence-corrected chi connectivity index (χ1v) is 7.33. The van der Waals surface area contributed by atoms with Gasteiger partial charge in [0, 0.05) is 12.2 Å². The number of pyridine rings is 1. The van der Waals surface area contributed by atoms with Gasteiger partial charge in [0.2, 0.25) is 0 Å². The minimum atomic E-state index is -0.341. The summed E-state index contributed by atoms with van der Waals surface area (Å²) in [5, 5.41) is 2.78. The van der Waals surface area contributed by atoms with E-state index in [9.17, 15) is 9.59 Å². The lowest BCUT2D eigenvalue weighted by Crippen LogP contribution is -2.29. The molecular formula is C17H18N2O3. The van der Waals surface area contributed by atoms with Crippen molar-refractivity contribution in [1.82, 2.24) is 10.3 Å². The lowest BCUT2D eigenvalue weighted by atomic mass is 10.1. The number of amides is 1. The molecule has 0 spiro atoms. The Morgan fingerprint density at radius 3 is 2.77 bits per heavy atom. The normalized spacial score (nSPS) is 12.8. The van der Waals surface area contributed by atoms with Gasteiger partial charge in [-0.1, -0.05) is 12.1 Å². The number of ether oxygens (including phenoxy) is 1. The molecule has 1 aliphatic rings. The van der Waals surface area contributed by atoms with Crippen LogP contribution in [-0.2, 0) is 19.4 Å². The minimum Gasteiger partial charge on any atom is -0.497 e. The first-order valence-electron chi connectivity index (χ1n) is 7.33. The molecule has 5 nitrogen and oxygen atoms in total. The van der Waals surface area contributed by atoms with Crippen LogP contribution in [-0.4, -0.2) is 18.0 Å². The standard InChI is InChI=1S/C17H18N2O3/c1-22-13-7-5-11(6-8-13)10-18-16(20)14-9-12-3-2-4-15(12)19-17(14)21/h5-9H,2-4,10H2,1H3,(H,18,20)(H,19,21). The fraction of sp³-hybridized carbons (Fsp3) is 0.294. The summed E-state index contributed by atoms with van der Waals surface area (Å²) in [5.74, 6) is 0.428. The predicted molar refractivity (Wildman–Crippen MR) is 83.3 cm³/mol. The number of carbonyl (C=O) groups is 1. The van der Waals surface area contributed by atoms with E-state index in [1.807, 2.05) is 24.3 Å². The number of rotatable bonds is 4. The third-order valence-corrected chi connectivity index (χ3v) is 3.94. The van der Waals surface area contributed by atoms with Crippen molar-refractivity contribution in [3.05, 3.63) is 63.1 Å². The summed E-state index contributed by atoms with van der Waals surface area (Å²) in [6, 6.07) is 9.16. The molecule has 1 aromatic heterocycles. The summed E-state index contributed by atoms with van der Waals surface area (Å²) in [6.07, 6.45) is 2.84. The molecule has 0 bridgehead atoms. The fourth-order valence-electron chi connectivity index (χ4n) is 2.70. The van der Waals surface area contributed by atoms with Crippen LogP contribution in [0.3, 0.4) is 0 Å². The number of aromatic amines is 1. The van der Waals surface area contributed by atoms with Crippen LogP contribution < -0.4 is 15.6 Å². The van der Waals surface area contributed by atoms with Crippen molar-refractivity contribution in [2.24, 2.45) is 0 Å². The van der Waals surface area contributed by atoms with Gasteiger partial charge >= 0.3 is 0 Å². The van der Waals surface area contributed by atoms with Gasteiger partial charge < -0.3 is 15.0 Å². The van der Waals surface area contributed by atoms with Crippen molar-refractivity contribution >= 4 is 5.91 Å². The van der Waals surface area contributed by atoms with Crippen LogP contribution in [0.25, 0.3) is 0 Å². The molecule has 0 fully saturated rings. The second-order valence-corrected chi connectivity index (χ2v) is 5.40. The number of methoxy groups -OCH3 is 1. The van der Waals surface area contributed by atoms with Crippen LogP contribution in [0.2, 0.25) is 0 Å². The molecule has 1 heterocycles. The third-order valence-electron chi connectivity index (χ3n) is 3.94. The number of nitrogens with one attached hydrogen (secondary N) is 2. The highest BCUT2D eigenvalue weighted by molar-refractivity contribution is 5.94. The molecule has 0 aliphatic heterocycles. The average Bonchev–Trinajstić information content (AvgIpc) is 2.99. The zero-order valence-corrected chi connectivity index (χ0v) is 12.4. The molecule has 0 atom stereocenters. The van der Waals surface area contributed by atoms with Crippen LogP contribution in [0.5, 0.6) is 5.75 Å². The Bertz CT molecular complexity index is 747. The molecule has 3 rings (SSSR count). The minimum absolute atomic E-state index is 0.189.